The lowest BCUT2D eigenvalue weighted by atomic mass is 10.2. The molecule has 80 valence electrons. The number of rotatable bonds is 2. The van der Waals surface area contributed by atoms with Crippen LogP contribution >= 0.6 is 15.9 Å². The van der Waals surface area contributed by atoms with Gasteiger partial charge in [0, 0.05) is 24.1 Å². The van der Waals surface area contributed by atoms with Crippen LogP contribution in [-0.4, -0.2) is 19.6 Å². The first-order valence-corrected chi connectivity index (χ1v) is 6.40. The van der Waals surface area contributed by atoms with Crippen molar-refractivity contribution < 1.29 is 0 Å². The molecule has 0 amide bonds. The van der Waals surface area contributed by atoms with Crippen LogP contribution in [0.4, 0.5) is 11.4 Å². The Kier molecular flexibility index (Phi) is 2.35. The van der Waals surface area contributed by atoms with Crippen molar-refractivity contribution in [2.75, 3.05) is 29.9 Å². The van der Waals surface area contributed by atoms with Crippen LogP contribution in [0.2, 0.25) is 0 Å². The summed E-state index contributed by atoms with van der Waals surface area (Å²) in [5, 5.41) is 3.46. The van der Waals surface area contributed by atoms with Crippen molar-refractivity contribution in [1.82, 2.24) is 0 Å². The average molecular weight is 267 g/mol. The zero-order valence-corrected chi connectivity index (χ0v) is 10.3. The molecule has 1 aliphatic carbocycles. The minimum atomic E-state index is 0.958. The normalized spacial score (nSPS) is 19.7. The maximum Gasteiger partial charge on any atom is 0.0603 e. The van der Waals surface area contributed by atoms with Gasteiger partial charge in [0.1, 0.15) is 0 Å². The zero-order valence-electron chi connectivity index (χ0n) is 8.67. The van der Waals surface area contributed by atoms with Gasteiger partial charge in [-0.05, 0) is 37.0 Å². The molecule has 0 unspecified atom stereocenters. The quantitative estimate of drug-likeness (QED) is 0.885. The molecular weight excluding hydrogens is 252 g/mol. The van der Waals surface area contributed by atoms with Gasteiger partial charge in [-0.25, -0.2) is 0 Å². The summed E-state index contributed by atoms with van der Waals surface area (Å²) in [5.41, 5.74) is 2.65. The number of nitrogens with one attached hydrogen (secondary N) is 1. The first-order valence-electron chi connectivity index (χ1n) is 5.61. The average Bonchev–Trinajstić information content (AvgIpc) is 3.01. The van der Waals surface area contributed by atoms with Gasteiger partial charge in [-0.15, -0.1) is 0 Å². The number of benzene rings is 1. The number of nitrogens with zero attached hydrogens (tertiary/aromatic N) is 1. The van der Waals surface area contributed by atoms with Crippen LogP contribution in [0.5, 0.6) is 0 Å². The molecular formula is C12H15BrN2. The fourth-order valence-corrected chi connectivity index (χ4v) is 2.53. The summed E-state index contributed by atoms with van der Waals surface area (Å²) in [6.45, 7) is 3.46. The molecule has 3 rings (SSSR count). The highest BCUT2D eigenvalue weighted by Gasteiger charge is 2.26. The number of hydrogen-bond acceptors (Lipinski definition) is 2. The Morgan fingerprint density at radius 2 is 2.27 bits per heavy atom. The van der Waals surface area contributed by atoms with Crippen molar-refractivity contribution in [1.29, 1.82) is 0 Å². The predicted octanol–water partition coefficient (Wildman–Crippen LogP) is 3.09. The predicted molar refractivity (Wildman–Crippen MR) is 67.6 cm³/mol. The van der Waals surface area contributed by atoms with E-state index < -0.39 is 0 Å². The molecule has 0 spiro atoms. The van der Waals surface area contributed by atoms with Gasteiger partial charge in [-0.3, -0.25) is 0 Å². The molecule has 0 bridgehead atoms. The van der Waals surface area contributed by atoms with Crippen LogP contribution in [0, 0.1) is 5.92 Å². The number of anilines is 2. The molecule has 1 N–H and O–H groups in total. The smallest absolute Gasteiger partial charge is 0.0603 e. The summed E-state index contributed by atoms with van der Waals surface area (Å²) >= 11 is 3.51. The maximum absolute atomic E-state index is 3.51. The summed E-state index contributed by atoms with van der Waals surface area (Å²) in [4.78, 5) is 2.52. The van der Waals surface area contributed by atoms with E-state index in [1.165, 1.54) is 30.8 Å². The Morgan fingerprint density at radius 3 is 3.07 bits per heavy atom. The molecule has 1 aliphatic heterocycles. The third-order valence-corrected chi connectivity index (χ3v) is 3.67. The summed E-state index contributed by atoms with van der Waals surface area (Å²) in [6, 6.07) is 6.52. The van der Waals surface area contributed by atoms with Crippen molar-refractivity contribution in [3.8, 4) is 0 Å². The highest BCUT2D eigenvalue weighted by molar-refractivity contribution is 9.10. The lowest BCUT2D eigenvalue weighted by Gasteiger charge is -2.32. The van der Waals surface area contributed by atoms with Gasteiger partial charge in [0.25, 0.3) is 0 Å². The van der Waals surface area contributed by atoms with E-state index >= 15 is 0 Å². The van der Waals surface area contributed by atoms with Crippen molar-refractivity contribution in [2.45, 2.75) is 12.8 Å². The minimum Gasteiger partial charge on any atom is -0.382 e. The monoisotopic (exact) mass is 266 g/mol. The summed E-state index contributed by atoms with van der Waals surface area (Å²) in [5.74, 6) is 0.958. The van der Waals surface area contributed by atoms with Gasteiger partial charge < -0.3 is 10.2 Å². The second-order valence-electron chi connectivity index (χ2n) is 4.48. The Hall–Kier alpha value is -0.700. The van der Waals surface area contributed by atoms with Gasteiger partial charge in [0.2, 0.25) is 0 Å². The van der Waals surface area contributed by atoms with Crippen molar-refractivity contribution >= 4 is 27.3 Å². The summed E-state index contributed by atoms with van der Waals surface area (Å²) in [6.07, 6.45) is 2.85. The van der Waals surface area contributed by atoms with Crippen LogP contribution in [0.15, 0.2) is 22.7 Å². The highest BCUT2D eigenvalue weighted by atomic mass is 79.9. The molecule has 1 aromatic rings. The van der Waals surface area contributed by atoms with Crippen LogP contribution in [0.3, 0.4) is 0 Å². The molecule has 3 heteroatoms. The third-order valence-electron chi connectivity index (χ3n) is 3.17. The van der Waals surface area contributed by atoms with Gasteiger partial charge >= 0.3 is 0 Å². The van der Waals surface area contributed by atoms with E-state index in [4.69, 9.17) is 0 Å². The Labute approximate surface area is 98.8 Å². The molecule has 2 aliphatic rings. The second kappa shape index (κ2) is 3.71. The van der Waals surface area contributed by atoms with E-state index in [1.54, 1.807) is 0 Å². The lowest BCUT2D eigenvalue weighted by Crippen LogP contribution is -2.35. The molecule has 1 aromatic carbocycles. The van der Waals surface area contributed by atoms with Gasteiger partial charge in [-0.1, -0.05) is 15.9 Å². The van der Waals surface area contributed by atoms with Gasteiger partial charge in [-0.2, -0.15) is 0 Å². The van der Waals surface area contributed by atoms with Crippen LogP contribution in [0.25, 0.3) is 0 Å². The fraction of sp³-hybridized carbons (Fsp3) is 0.500. The van der Waals surface area contributed by atoms with E-state index in [0.717, 1.165) is 23.5 Å². The van der Waals surface area contributed by atoms with Gasteiger partial charge in [0.15, 0.2) is 0 Å². The van der Waals surface area contributed by atoms with Crippen molar-refractivity contribution in [3.05, 3.63) is 22.7 Å². The maximum atomic E-state index is 3.51. The molecule has 1 saturated carbocycles. The Balaban J connectivity index is 1.87. The first kappa shape index (κ1) is 9.52. The molecule has 1 fully saturated rings. The van der Waals surface area contributed by atoms with E-state index in [9.17, 15) is 0 Å². The molecule has 15 heavy (non-hydrogen) atoms. The van der Waals surface area contributed by atoms with E-state index in [2.05, 4.69) is 44.3 Å². The molecule has 0 atom stereocenters. The SMILES string of the molecule is Brc1ccc2c(c1)NCCN2CC1CC1. The number of hydrogen-bond donors (Lipinski definition) is 1. The first-order chi connectivity index (χ1) is 7.33. The van der Waals surface area contributed by atoms with Crippen molar-refractivity contribution in [2.24, 2.45) is 5.92 Å². The second-order valence-corrected chi connectivity index (χ2v) is 5.39. The molecule has 1 heterocycles. The molecule has 0 saturated heterocycles. The van der Waals surface area contributed by atoms with Crippen LogP contribution in [-0.2, 0) is 0 Å². The van der Waals surface area contributed by atoms with E-state index in [0.29, 0.717) is 0 Å². The topological polar surface area (TPSA) is 15.3 Å². The largest absolute Gasteiger partial charge is 0.382 e. The number of fused-ring (bicyclic) bond motifs is 1. The zero-order chi connectivity index (χ0) is 10.3. The summed E-state index contributed by atoms with van der Waals surface area (Å²) in [7, 11) is 0. The number of halogens is 1. The molecule has 0 aromatic heterocycles. The lowest BCUT2D eigenvalue weighted by molar-refractivity contribution is 0.719. The Bertz CT molecular complexity index is 374. The highest BCUT2D eigenvalue weighted by Crippen LogP contribution is 2.36. The van der Waals surface area contributed by atoms with Crippen molar-refractivity contribution in [3.63, 3.8) is 0 Å². The Morgan fingerprint density at radius 1 is 1.40 bits per heavy atom. The molecule has 2 nitrogen and oxygen atoms in total. The minimum absolute atomic E-state index is 0.958. The summed E-state index contributed by atoms with van der Waals surface area (Å²) < 4.78 is 1.15. The molecule has 0 radical (unpaired) electrons. The standard InChI is InChI=1S/C12H15BrN2/c13-10-3-4-12-11(7-10)14-5-6-15(12)8-9-1-2-9/h3-4,7,9,14H,1-2,5-6,8H2. The van der Waals surface area contributed by atoms with E-state index in [-0.39, 0.29) is 0 Å². The third kappa shape index (κ3) is 1.98. The van der Waals surface area contributed by atoms with E-state index in [1.807, 2.05) is 0 Å². The fourth-order valence-electron chi connectivity index (χ4n) is 2.17. The van der Waals surface area contributed by atoms with Gasteiger partial charge in [0.05, 0.1) is 11.4 Å². The van der Waals surface area contributed by atoms with Crippen LogP contribution < -0.4 is 10.2 Å². The van der Waals surface area contributed by atoms with Crippen LogP contribution in [0.1, 0.15) is 12.8 Å².